The molecule has 0 fully saturated rings. The summed E-state index contributed by atoms with van der Waals surface area (Å²) in [6.07, 6.45) is 4.02. The van der Waals surface area contributed by atoms with E-state index < -0.39 is 0 Å². The zero-order chi connectivity index (χ0) is 20.1. The first-order valence-corrected chi connectivity index (χ1v) is 11.9. The highest BCUT2D eigenvalue weighted by molar-refractivity contribution is 7.28. The smallest absolute Gasteiger partial charge is 0.145 e. The maximum Gasteiger partial charge on any atom is 0.145 e. The highest BCUT2D eigenvalue weighted by Gasteiger charge is 2.18. The Labute approximate surface area is 184 Å². The first-order valence-electron chi connectivity index (χ1n) is 10.3. The molecule has 4 heteroatoms. The van der Waals surface area contributed by atoms with Crippen LogP contribution in [0.2, 0.25) is 0 Å². The Morgan fingerprint density at radius 3 is 2.19 bits per heavy atom. The minimum atomic E-state index is 1.03. The van der Waals surface area contributed by atoms with Crippen molar-refractivity contribution in [3.8, 4) is 0 Å². The van der Waals surface area contributed by atoms with Gasteiger partial charge in [-0.15, -0.1) is 22.7 Å². The predicted molar refractivity (Wildman–Crippen MR) is 136 cm³/mol. The molecule has 0 aliphatic heterocycles. The van der Waals surface area contributed by atoms with E-state index in [1.54, 1.807) is 0 Å². The van der Waals surface area contributed by atoms with Gasteiger partial charge in [0.05, 0.1) is 10.2 Å². The normalized spacial score (nSPS) is 12.5. The van der Waals surface area contributed by atoms with E-state index in [0.717, 1.165) is 5.65 Å². The van der Waals surface area contributed by atoms with Gasteiger partial charge in [-0.25, -0.2) is 4.98 Å². The van der Waals surface area contributed by atoms with E-state index in [1.165, 1.54) is 62.0 Å². The van der Waals surface area contributed by atoms with E-state index in [1.807, 2.05) is 28.9 Å². The Morgan fingerprint density at radius 1 is 0.581 bits per heavy atom. The molecule has 0 aliphatic rings. The van der Waals surface area contributed by atoms with Crippen molar-refractivity contribution in [1.82, 2.24) is 9.38 Å². The number of pyridine rings is 1. The van der Waals surface area contributed by atoms with E-state index >= 15 is 0 Å². The largest absolute Gasteiger partial charge is 0.298 e. The molecule has 4 heterocycles. The summed E-state index contributed by atoms with van der Waals surface area (Å²) in [6.45, 7) is 0. The fourth-order valence-electron chi connectivity index (χ4n) is 5.18. The van der Waals surface area contributed by atoms with Gasteiger partial charge in [0, 0.05) is 58.8 Å². The van der Waals surface area contributed by atoms with Gasteiger partial charge in [0.2, 0.25) is 0 Å². The van der Waals surface area contributed by atoms with Gasteiger partial charge < -0.3 is 0 Å². The Bertz CT molecular complexity index is 2000. The third kappa shape index (κ3) is 1.95. The van der Waals surface area contributed by atoms with Crippen LogP contribution in [0.15, 0.2) is 85.2 Å². The molecule has 4 aromatic carbocycles. The van der Waals surface area contributed by atoms with Gasteiger partial charge in [0.15, 0.2) is 0 Å². The number of benzene rings is 4. The third-order valence-electron chi connectivity index (χ3n) is 6.46. The minimum Gasteiger partial charge on any atom is -0.298 e. The van der Waals surface area contributed by atoms with Gasteiger partial charge in [0.1, 0.15) is 5.65 Å². The average molecular weight is 431 g/mol. The molecule has 0 amide bonds. The number of thiophene rings is 2. The zero-order valence-corrected chi connectivity index (χ0v) is 17.9. The third-order valence-corrected chi connectivity index (χ3v) is 8.77. The molecule has 0 N–H and O–H groups in total. The van der Waals surface area contributed by atoms with Crippen LogP contribution in [0.3, 0.4) is 0 Å². The fourth-order valence-corrected chi connectivity index (χ4v) is 7.55. The first kappa shape index (κ1) is 16.3. The Kier molecular flexibility index (Phi) is 2.94. The van der Waals surface area contributed by atoms with Crippen molar-refractivity contribution in [3.63, 3.8) is 0 Å². The summed E-state index contributed by atoms with van der Waals surface area (Å²) in [7, 11) is 0. The Balaban J connectivity index is 1.69. The molecule has 2 nitrogen and oxygen atoms in total. The molecule has 31 heavy (non-hydrogen) atoms. The average Bonchev–Trinajstić information content (AvgIpc) is 3.53. The lowest BCUT2D eigenvalue weighted by atomic mass is 10.0. The van der Waals surface area contributed by atoms with Crippen molar-refractivity contribution in [2.75, 3.05) is 0 Å². The molecule has 0 aliphatic carbocycles. The molecule has 144 valence electrons. The summed E-state index contributed by atoms with van der Waals surface area (Å²) >= 11 is 3.79. The lowest BCUT2D eigenvalue weighted by molar-refractivity contribution is 1.28. The summed E-state index contributed by atoms with van der Waals surface area (Å²) < 4.78 is 7.68. The molecule has 0 bridgehead atoms. The van der Waals surface area contributed by atoms with Gasteiger partial charge in [-0.2, -0.15) is 0 Å². The van der Waals surface area contributed by atoms with E-state index in [0.29, 0.717) is 0 Å². The van der Waals surface area contributed by atoms with Gasteiger partial charge in [-0.3, -0.25) is 4.40 Å². The van der Waals surface area contributed by atoms with E-state index in [2.05, 4.69) is 83.4 Å². The standard InChI is InChI=1S/C27H14N2S2/c1-2-6-17-15(5-1)16-9-10-19-24-22(31-26(19)25(16)29-14-13-28-27(17)29)12-11-21-23(24)18-7-3-4-8-20(18)30-21/h1-14H. The molecule has 0 atom stereocenters. The van der Waals surface area contributed by atoms with Gasteiger partial charge in [-0.1, -0.05) is 54.6 Å². The second-order valence-electron chi connectivity index (χ2n) is 8.02. The number of hydrogen-bond donors (Lipinski definition) is 0. The van der Waals surface area contributed by atoms with Gasteiger partial charge in [0.25, 0.3) is 0 Å². The van der Waals surface area contributed by atoms with Crippen LogP contribution in [0.5, 0.6) is 0 Å². The maximum absolute atomic E-state index is 4.71. The fraction of sp³-hybridized carbons (Fsp3) is 0. The lowest BCUT2D eigenvalue weighted by Crippen LogP contribution is -1.90. The molecule has 0 spiro atoms. The number of rotatable bonds is 0. The monoisotopic (exact) mass is 430 g/mol. The van der Waals surface area contributed by atoms with Crippen LogP contribution in [-0.4, -0.2) is 9.38 Å². The molecule has 0 radical (unpaired) electrons. The number of hydrogen-bond acceptors (Lipinski definition) is 3. The van der Waals surface area contributed by atoms with Crippen molar-refractivity contribution in [2.24, 2.45) is 0 Å². The zero-order valence-electron chi connectivity index (χ0n) is 16.3. The minimum absolute atomic E-state index is 1.03. The SMILES string of the molecule is c1ccc2c(c1)sc1ccc3sc4c(ccc5c6ccccc6c6nccn6c54)c3c12. The molecule has 8 rings (SSSR count). The molecule has 0 saturated carbocycles. The van der Waals surface area contributed by atoms with E-state index in [-0.39, 0.29) is 0 Å². The summed E-state index contributed by atoms with van der Waals surface area (Å²) in [4.78, 5) is 4.71. The predicted octanol–water partition coefficient (Wildman–Crippen LogP) is 8.38. The summed E-state index contributed by atoms with van der Waals surface area (Å²) in [6, 6.07) is 26.6. The number of fused-ring (bicyclic) bond motifs is 14. The van der Waals surface area contributed by atoms with E-state index in [4.69, 9.17) is 4.98 Å². The van der Waals surface area contributed by atoms with Crippen LogP contribution in [0.25, 0.3) is 67.7 Å². The number of aromatic nitrogens is 2. The van der Waals surface area contributed by atoms with E-state index in [9.17, 15) is 0 Å². The van der Waals surface area contributed by atoms with Crippen LogP contribution >= 0.6 is 22.7 Å². The van der Waals surface area contributed by atoms with Gasteiger partial charge >= 0.3 is 0 Å². The van der Waals surface area contributed by atoms with Gasteiger partial charge in [-0.05, 0) is 23.6 Å². The van der Waals surface area contributed by atoms with Crippen LogP contribution in [0.4, 0.5) is 0 Å². The number of nitrogens with zero attached hydrogens (tertiary/aromatic N) is 2. The van der Waals surface area contributed by atoms with Crippen molar-refractivity contribution in [1.29, 1.82) is 0 Å². The van der Waals surface area contributed by atoms with Crippen LogP contribution < -0.4 is 0 Å². The molecule has 8 aromatic rings. The van der Waals surface area contributed by atoms with Crippen molar-refractivity contribution in [3.05, 3.63) is 85.2 Å². The molecule has 4 aromatic heterocycles. The molecule has 0 saturated heterocycles. The molecular formula is C27H14N2S2. The highest BCUT2D eigenvalue weighted by atomic mass is 32.1. The van der Waals surface area contributed by atoms with Crippen molar-refractivity contribution >= 4 is 90.3 Å². The topological polar surface area (TPSA) is 17.3 Å². The molecule has 0 unspecified atom stereocenters. The molecular weight excluding hydrogens is 416 g/mol. The quantitative estimate of drug-likeness (QED) is 0.221. The van der Waals surface area contributed by atoms with Crippen molar-refractivity contribution in [2.45, 2.75) is 0 Å². The van der Waals surface area contributed by atoms with Crippen LogP contribution in [0, 0.1) is 0 Å². The summed E-state index contributed by atoms with van der Waals surface area (Å²) in [5.41, 5.74) is 2.29. The maximum atomic E-state index is 4.71. The Morgan fingerprint density at radius 2 is 1.29 bits per heavy atom. The second kappa shape index (κ2) is 5.61. The van der Waals surface area contributed by atoms with Crippen LogP contribution in [-0.2, 0) is 0 Å². The van der Waals surface area contributed by atoms with Crippen molar-refractivity contribution < 1.29 is 0 Å². The number of imidazole rings is 1. The lowest BCUT2D eigenvalue weighted by Gasteiger charge is -2.09. The summed E-state index contributed by atoms with van der Waals surface area (Å²) in [5, 5.41) is 9.23. The van der Waals surface area contributed by atoms with Crippen LogP contribution in [0.1, 0.15) is 0 Å². The first-order chi connectivity index (χ1) is 15.4. The summed E-state index contributed by atoms with van der Waals surface area (Å²) in [5.74, 6) is 0. The Hall–Kier alpha value is -3.47. The second-order valence-corrected chi connectivity index (χ2v) is 10.2. The highest BCUT2D eigenvalue weighted by Crippen LogP contribution is 2.46.